The molecule has 1 aliphatic carbocycles. The molecule has 1 saturated carbocycles. The molecule has 2 aromatic heterocycles. The van der Waals surface area contributed by atoms with Crippen LogP contribution in [0.3, 0.4) is 0 Å². The van der Waals surface area contributed by atoms with Gasteiger partial charge in [-0.3, -0.25) is 4.79 Å². The molecule has 1 fully saturated rings. The standard InChI is InChI=1S/C25H27F3N4O4/c26-25(27,28)36-18-10-8-16(9-11-18)15-32-20(30-19-7-4-14-29-23(19)32)12-13-21(33)31-22(24(34)35)17-5-2-1-3-6-17/h4,7-11,14,17,22H,1-3,5-6,12-13,15H2,(H,31,33)(H,34,35)/t22-/m1/s1. The first kappa shape index (κ1) is 25.5. The summed E-state index contributed by atoms with van der Waals surface area (Å²) in [5, 5.41) is 12.3. The monoisotopic (exact) mass is 504 g/mol. The van der Waals surface area contributed by atoms with E-state index in [1.54, 1.807) is 22.9 Å². The highest BCUT2D eigenvalue weighted by atomic mass is 19.4. The Balaban J connectivity index is 1.46. The molecule has 192 valence electrons. The van der Waals surface area contributed by atoms with Crippen LogP contribution in [0.15, 0.2) is 42.6 Å². The average Bonchev–Trinajstić information content (AvgIpc) is 3.19. The number of carbonyl (C=O) groups excluding carboxylic acids is 1. The Labute approximate surface area is 205 Å². The quantitative estimate of drug-likeness (QED) is 0.446. The predicted molar refractivity (Wildman–Crippen MR) is 124 cm³/mol. The summed E-state index contributed by atoms with van der Waals surface area (Å²) in [6.07, 6.45) is 1.70. The van der Waals surface area contributed by atoms with Crippen LogP contribution in [0.5, 0.6) is 5.75 Å². The van der Waals surface area contributed by atoms with Crippen LogP contribution in [-0.2, 0) is 22.6 Å². The van der Waals surface area contributed by atoms with E-state index in [-0.39, 0.29) is 37.0 Å². The zero-order valence-electron chi connectivity index (χ0n) is 19.5. The molecule has 11 heteroatoms. The van der Waals surface area contributed by atoms with Crippen LogP contribution in [0.2, 0.25) is 0 Å². The first-order chi connectivity index (χ1) is 17.2. The highest BCUT2D eigenvalue weighted by Gasteiger charge is 2.31. The normalized spacial score (nSPS) is 15.5. The molecule has 0 aliphatic heterocycles. The van der Waals surface area contributed by atoms with Crippen molar-refractivity contribution < 1.29 is 32.6 Å². The fraction of sp³-hybridized carbons (Fsp3) is 0.440. The van der Waals surface area contributed by atoms with E-state index in [2.05, 4.69) is 20.0 Å². The Morgan fingerprint density at radius 1 is 1.14 bits per heavy atom. The van der Waals surface area contributed by atoms with Crippen LogP contribution >= 0.6 is 0 Å². The van der Waals surface area contributed by atoms with Gasteiger partial charge in [0.1, 0.15) is 23.1 Å². The smallest absolute Gasteiger partial charge is 0.480 e. The SMILES string of the molecule is O=C(CCc1nc2cccnc2n1Cc1ccc(OC(F)(F)F)cc1)N[C@@H](C(=O)O)C1CCCCC1. The van der Waals surface area contributed by atoms with Crippen molar-refractivity contribution in [3.8, 4) is 5.75 Å². The maximum Gasteiger partial charge on any atom is 0.573 e. The lowest BCUT2D eigenvalue weighted by Crippen LogP contribution is -2.46. The lowest BCUT2D eigenvalue weighted by atomic mass is 9.84. The summed E-state index contributed by atoms with van der Waals surface area (Å²) in [5.41, 5.74) is 1.90. The molecular weight excluding hydrogens is 477 g/mol. The largest absolute Gasteiger partial charge is 0.573 e. The van der Waals surface area contributed by atoms with Crippen molar-refractivity contribution >= 4 is 23.0 Å². The van der Waals surface area contributed by atoms with Gasteiger partial charge in [0.05, 0.1) is 6.54 Å². The third kappa shape index (κ3) is 6.52. The zero-order valence-corrected chi connectivity index (χ0v) is 19.5. The molecule has 0 radical (unpaired) electrons. The molecule has 1 aromatic carbocycles. The van der Waals surface area contributed by atoms with E-state index in [1.165, 1.54) is 24.3 Å². The second kappa shape index (κ2) is 11.0. The number of aliphatic carboxylic acids is 1. The van der Waals surface area contributed by atoms with Crippen LogP contribution in [0.4, 0.5) is 13.2 Å². The van der Waals surface area contributed by atoms with E-state index in [1.807, 2.05) is 0 Å². The fourth-order valence-corrected chi connectivity index (χ4v) is 4.66. The number of imidazole rings is 1. The van der Waals surface area contributed by atoms with Crippen molar-refractivity contribution in [3.63, 3.8) is 0 Å². The summed E-state index contributed by atoms with van der Waals surface area (Å²) >= 11 is 0. The number of benzene rings is 1. The number of hydrogen-bond donors (Lipinski definition) is 2. The molecule has 2 heterocycles. The number of aryl methyl sites for hydroxylation is 1. The van der Waals surface area contributed by atoms with Crippen molar-refractivity contribution in [2.45, 2.75) is 63.9 Å². The van der Waals surface area contributed by atoms with Gasteiger partial charge in [0.2, 0.25) is 5.91 Å². The van der Waals surface area contributed by atoms with E-state index < -0.39 is 18.4 Å². The Bertz CT molecular complexity index is 1200. The number of fused-ring (bicyclic) bond motifs is 1. The van der Waals surface area contributed by atoms with Crippen molar-refractivity contribution in [2.75, 3.05) is 0 Å². The molecule has 2 N–H and O–H groups in total. The molecule has 1 amide bonds. The Morgan fingerprint density at radius 3 is 2.53 bits per heavy atom. The van der Waals surface area contributed by atoms with E-state index in [0.29, 0.717) is 22.6 Å². The Morgan fingerprint density at radius 2 is 1.86 bits per heavy atom. The topological polar surface area (TPSA) is 106 Å². The average molecular weight is 505 g/mol. The number of nitrogens with one attached hydrogen (secondary N) is 1. The van der Waals surface area contributed by atoms with Crippen LogP contribution in [0.1, 0.15) is 49.9 Å². The summed E-state index contributed by atoms with van der Waals surface area (Å²) in [6, 6.07) is 8.13. The predicted octanol–water partition coefficient (Wildman–Crippen LogP) is 4.46. The molecule has 36 heavy (non-hydrogen) atoms. The van der Waals surface area contributed by atoms with Gasteiger partial charge in [0.25, 0.3) is 0 Å². The number of pyridine rings is 1. The molecule has 0 saturated heterocycles. The second-order valence-electron chi connectivity index (χ2n) is 8.93. The van der Waals surface area contributed by atoms with E-state index in [4.69, 9.17) is 0 Å². The minimum Gasteiger partial charge on any atom is -0.480 e. The van der Waals surface area contributed by atoms with Crippen LogP contribution < -0.4 is 10.1 Å². The van der Waals surface area contributed by atoms with Gasteiger partial charge in [-0.05, 0) is 48.6 Å². The van der Waals surface area contributed by atoms with Gasteiger partial charge >= 0.3 is 12.3 Å². The third-order valence-electron chi connectivity index (χ3n) is 6.36. The van der Waals surface area contributed by atoms with E-state index in [0.717, 1.165) is 32.1 Å². The van der Waals surface area contributed by atoms with Gasteiger partial charge in [-0.1, -0.05) is 31.4 Å². The zero-order chi connectivity index (χ0) is 25.7. The fourth-order valence-electron chi connectivity index (χ4n) is 4.66. The van der Waals surface area contributed by atoms with Gasteiger partial charge in [-0.15, -0.1) is 13.2 Å². The number of carboxylic acids is 1. The number of ether oxygens (including phenoxy) is 1. The van der Waals surface area contributed by atoms with Gasteiger partial charge in [-0.25, -0.2) is 14.8 Å². The number of nitrogens with zero attached hydrogens (tertiary/aromatic N) is 3. The first-order valence-corrected chi connectivity index (χ1v) is 11.9. The highest BCUT2D eigenvalue weighted by molar-refractivity contribution is 5.84. The molecule has 1 atom stereocenters. The number of carbonyl (C=O) groups is 2. The Kier molecular flexibility index (Phi) is 7.76. The maximum absolute atomic E-state index is 12.7. The Hall–Kier alpha value is -3.63. The molecule has 0 spiro atoms. The number of amides is 1. The van der Waals surface area contributed by atoms with Crippen LogP contribution in [0.25, 0.3) is 11.2 Å². The lowest BCUT2D eigenvalue weighted by molar-refractivity contribution is -0.274. The van der Waals surface area contributed by atoms with Crippen molar-refractivity contribution in [3.05, 3.63) is 54.0 Å². The number of halogens is 3. The highest BCUT2D eigenvalue weighted by Crippen LogP contribution is 2.27. The maximum atomic E-state index is 12.7. The summed E-state index contributed by atoms with van der Waals surface area (Å²) < 4.78 is 43.1. The molecule has 1 aliphatic rings. The molecule has 3 aromatic rings. The number of hydrogen-bond acceptors (Lipinski definition) is 5. The number of rotatable bonds is 9. The minimum absolute atomic E-state index is 0.0399. The number of aromatic nitrogens is 3. The summed E-state index contributed by atoms with van der Waals surface area (Å²) in [4.78, 5) is 33.4. The molecule has 0 unspecified atom stereocenters. The van der Waals surface area contributed by atoms with E-state index in [9.17, 15) is 27.9 Å². The third-order valence-corrected chi connectivity index (χ3v) is 6.36. The van der Waals surface area contributed by atoms with Crippen LogP contribution in [0, 0.1) is 5.92 Å². The van der Waals surface area contributed by atoms with E-state index >= 15 is 0 Å². The number of alkyl halides is 3. The lowest BCUT2D eigenvalue weighted by Gasteiger charge is -2.28. The molecular formula is C25H27F3N4O4. The van der Waals surface area contributed by atoms with Gasteiger partial charge in [-0.2, -0.15) is 0 Å². The minimum atomic E-state index is -4.77. The molecule has 4 rings (SSSR count). The van der Waals surface area contributed by atoms with Gasteiger partial charge in [0.15, 0.2) is 5.65 Å². The second-order valence-corrected chi connectivity index (χ2v) is 8.93. The van der Waals surface area contributed by atoms with Crippen molar-refractivity contribution in [1.29, 1.82) is 0 Å². The summed E-state index contributed by atoms with van der Waals surface area (Å²) in [7, 11) is 0. The van der Waals surface area contributed by atoms with Gasteiger partial charge < -0.3 is 19.7 Å². The number of carboxylic acid groups (broad SMARTS) is 1. The summed E-state index contributed by atoms with van der Waals surface area (Å²) in [6.45, 7) is 0.274. The van der Waals surface area contributed by atoms with Crippen LogP contribution in [-0.4, -0.2) is 43.9 Å². The summed E-state index contributed by atoms with van der Waals surface area (Å²) in [5.74, 6) is -1.21. The van der Waals surface area contributed by atoms with Crippen molar-refractivity contribution in [1.82, 2.24) is 19.9 Å². The molecule has 0 bridgehead atoms. The first-order valence-electron chi connectivity index (χ1n) is 11.9. The van der Waals surface area contributed by atoms with Gasteiger partial charge in [0, 0.05) is 19.0 Å². The molecule has 8 nitrogen and oxygen atoms in total. The van der Waals surface area contributed by atoms with Crippen molar-refractivity contribution in [2.24, 2.45) is 5.92 Å².